The lowest BCUT2D eigenvalue weighted by molar-refractivity contribution is 0.102. The molecule has 0 saturated carbocycles. The molecule has 0 atom stereocenters. The molecular weight excluding hydrogens is 324 g/mol. The first-order valence-corrected chi connectivity index (χ1v) is 7.91. The van der Waals surface area contributed by atoms with Gasteiger partial charge >= 0.3 is 0 Å². The van der Waals surface area contributed by atoms with E-state index in [1.54, 1.807) is 12.1 Å². The van der Waals surface area contributed by atoms with Crippen molar-refractivity contribution in [3.63, 3.8) is 0 Å². The summed E-state index contributed by atoms with van der Waals surface area (Å²) in [6, 6.07) is 14.7. The summed E-state index contributed by atoms with van der Waals surface area (Å²) in [7, 11) is 0. The molecule has 0 spiro atoms. The van der Waals surface area contributed by atoms with Crippen LogP contribution >= 0.6 is 12.4 Å². The number of hydrogen-bond donors (Lipinski definition) is 2. The van der Waals surface area contributed by atoms with E-state index in [-0.39, 0.29) is 18.3 Å². The summed E-state index contributed by atoms with van der Waals surface area (Å²) in [5, 5.41) is 2.87. The van der Waals surface area contributed by atoms with Crippen LogP contribution in [-0.4, -0.2) is 12.5 Å². The normalized spacial score (nSPS) is 10.2. The van der Waals surface area contributed by atoms with Gasteiger partial charge in [-0.3, -0.25) is 4.79 Å². The molecule has 0 aliphatic rings. The standard InChI is InChI=1S/C19H24N2O2.ClH/c1-14(2)11-12-23-18-9-7-17(8-10-18)21-19(22)16-5-3-15(13-20)4-6-16;/h3-10,14H,11-13,20H2,1-2H3,(H,21,22);1H. The molecule has 3 N–H and O–H groups in total. The van der Waals surface area contributed by atoms with Crippen LogP contribution < -0.4 is 15.8 Å². The van der Waals surface area contributed by atoms with Gasteiger partial charge in [-0.15, -0.1) is 12.4 Å². The molecule has 2 aromatic rings. The Morgan fingerprint density at radius 3 is 2.25 bits per heavy atom. The molecule has 0 aromatic heterocycles. The highest BCUT2D eigenvalue weighted by Gasteiger charge is 2.06. The molecule has 5 heteroatoms. The number of anilines is 1. The molecule has 1 amide bonds. The van der Waals surface area contributed by atoms with Gasteiger partial charge < -0.3 is 15.8 Å². The van der Waals surface area contributed by atoms with Crippen molar-refractivity contribution in [3.05, 3.63) is 59.7 Å². The molecule has 0 saturated heterocycles. The van der Waals surface area contributed by atoms with E-state index in [9.17, 15) is 4.79 Å². The van der Waals surface area contributed by atoms with Gasteiger partial charge in [-0.25, -0.2) is 0 Å². The lowest BCUT2D eigenvalue weighted by Gasteiger charge is -2.09. The number of nitrogens with two attached hydrogens (primary N) is 1. The summed E-state index contributed by atoms with van der Waals surface area (Å²) in [4.78, 5) is 12.2. The van der Waals surface area contributed by atoms with E-state index in [1.165, 1.54) is 0 Å². The van der Waals surface area contributed by atoms with E-state index in [2.05, 4.69) is 19.2 Å². The minimum absolute atomic E-state index is 0. The molecule has 0 unspecified atom stereocenters. The quantitative estimate of drug-likeness (QED) is 0.786. The van der Waals surface area contributed by atoms with Crippen LogP contribution in [0.15, 0.2) is 48.5 Å². The molecule has 0 bridgehead atoms. The third-order valence-electron chi connectivity index (χ3n) is 3.53. The fourth-order valence-electron chi connectivity index (χ4n) is 2.04. The number of nitrogens with one attached hydrogen (secondary N) is 1. The molecule has 24 heavy (non-hydrogen) atoms. The summed E-state index contributed by atoms with van der Waals surface area (Å²) < 4.78 is 5.66. The van der Waals surface area contributed by atoms with E-state index >= 15 is 0 Å². The average molecular weight is 349 g/mol. The first-order valence-electron chi connectivity index (χ1n) is 7.91. The van der Waals surface area contributed by atoms with E-state index in [1.807, 2.05) is 36.4 Å². The van der Waals surface area contributed by atoms with Crippen LogP contribution in [0.1, 0.15) is 36.2 Å². The van der Waals surface area contributed by atoms with Crippen molar-refractivity contribution in [2.75, 3.05) is 11.9 Å². The predicted octanol–water partition coefficient (Wildman–Crippen LogP) is 4.24. The molecular formula is C19H25ClN2O2. The maximum Gasteiger partial charge on any atom is 0.255 e. The fourth-order valence-corrected chi connectivity index (χ4v) is 2.04. The monoisotopic (exact) mass is 348 g/mol. The summed E-state index contributed by atoms with van der Waals surface area (Å²) >= 11 is 0. The van der Waals surface area contributed by atoms with Gasteiger partial charge in [0.25, 0.3) is 5.91 Å². The SMILES string of the molecule is CC(C)CCOc1ccc(NC(=O)c2ccc(CN)cc2)cc1.Cl. The molecule has 130 valence electrons. The third kappa shape index (κ3) is 6.22. The van der Waals surface area contributed by atoms with Crippen LogP contribution in [0.4, 0.5) is 5.69 Å². The summed E-state index contributed by atoms with van der Waals surface area (Å²) in [6.45, 7) is 5.52. The highest BCUT2D eigenvalue weighted by molar-refractivity contribution is 6.04. The highest BCUT2D eigenvalue weighted by atomic mass is 35.5. The first kappa shape index (κ1) is 20.0. The number of amides is 1. The largest absolute Gasteiger partial charge is 0.494 e. The number of halogens is 1. The van der Waals surface area contributed by atoms with Gasteiger partial charge in [0.15, 0.2) is 0 Å². The van der Waals surface area contributed by atoms with Gasteiger partial charge in [-0.1, -0.05) is 26.0 Å². The van der Waals surface area contributed by atoms with Gasteiger partial charge in [0.2, 0.25) is 0 Å². The fraction of sp³-hybridized carbons (Fsp3) is 0.316. The summed E-state index contributed by atoms with van der Waals surface area (Å²) in [5.74, 6) is 1.30. The lowest BCUT2D eigenvalue weighted by Crippen LogP contribution is -2.12. The Labute approximate surface area is 149 Å². The smallest absolute Gasteiger partial charge is 0.255 e. The van der Waals surface area contributed by atoms with Gasteiger partial charge in [-0.2, -0.15) is 0 Å². The topological polar surface area (TPSA) is 64.3 Å². The van der Waals surface area contributed by atoms with Crippen molar-refractivity contribution in [1.29, 1.82) is 0 Å². The zero-order valence-corrected chi connectivity index (χ0v) is 14.9. The Bertz CT molecular complexity index is 625. The second-order valence-corrected chi connectivity index (χ2v) is 5.91. The maximum absolute atomic E-state index is 12.2. The molecule has 0 radical (unpaired) electrons. The second-order valence-electron chi connectivity index (χ2n) is 5.91. The van der Waals surface area contributed by atoms with Gasteiger partial charge in [0, 0.05) is 17.8 Å². The summed E-state index contributed by atoms with van der Waals surface area (Å²) in [5.41, 5.74) is 7.91. The average Bonchev–Trinajstić information content (AvgIpc) is 2.56. The molecule has 2 aromatic carbocycles. The zero-order chi connectivity index (χ0) is 16.7. The zero-order valence-electron chi connectivity index (χ0n) is 14.1. The minimum Gasteiger partial charge on any atom is -0.494 e. The van der Waals surface area contributed by atoms with Crippen molar-refractivity contribution >= 4 is 24.0 Å². The number of hydrogen-bond acceptors (Lipinski definition) is 3. The summed E-state index contributed by atoms with van der Waals surface area (Å²) in [6.07, 6.45) is 1.03. The van der Waals surface area contributed by atoms with E-state index in [0.717, 1.165) is 23.4 Å². The second kappa shape index (κ2) is 9.96. The van der Waals surface area contributed by atoms with Crippen molar-refractivity contribution < 1.29 is 9.53 Å². The Kier molecular flexibility index (Phi) is 8.30. The molecule has 0 heterocycles. The van der Waals surface area contributed by atoms with Crippen LogP contribution in [-0.2, 0) is 6.54 Å². The number of rotatable bonds is 7. The Balaban J connectivity index is 0.00000288. The van der Waals surface area contributed by atoms with Crippen molar-refractivity contribution in [2.45, 2.75) is 26.8 Å². The first-order chi connectivity index (χ1) is 11.1. The van der Waals surface area contributed by atoms with Crippen molar-refractivity contribution in [2.24, 2.45) is 11.7 Å². The number of ether oxygens (including phenoxy) is 1. The van der Waals surface area contributed by atoms with Crippen molar-refractivity contribution in [1.82, 2.24) is 0 Å². The Hall–Kier alpha value is -2.04. The molecule has 4 nitrogen and oxygen atoms in total. The van der Waals surface area contributed by atoms with E-state index in [4.69, 9.17) is 10.5 Å². The predicted molar refractivity (Wildman–Crippen MR) is 101 cm³/mol. The molecule has 2 rings (SSSR count). The molecule has 0 fully saturated rings. The van der Waals surface area contributed by atoms with Crippen LogP contribution in [0.5, 0.6) is 5.75 Å². The third-order valence-corrected chi connectivity index (χ3v) is 3.53. The number of carbonyl (C=O) groups is 1. The van der Waals surface area contributed by atoms with Crippen molar-refractivity contribution in [3.8, 4) is 5.75 Å². The maximum atomic E-state index is 12.2. The van der Waals surface area contributed by atoms with Gasteiger partial charge in [0.05, 0.1) is 6.61 Å². The van der Waals surface area contributed by atoms with Crippen LogP contribution in [0.25, 0.3) is 0 Å². The Morgan fingerprint density at radius 2 is 1.71 bits per heavy atom. The number of benzene rings is 2. The van der Waals surface area contributed by atoms with Crippen LogP contribution in [0.3, 0.4) is 0 Å². The van der Waals surface area contributed by atoms with Crippen LogP contribution in [0.2, 0.25) is 0 Å². The molecule has 0 aliphatic carbocycles. The minimum atomic E-state index is -0.137. The highest BCUT2D eigenvalue weighted by Crippen LogP contribution is 2.17. The van der Waals surface area contributed by atoms with E-state index < -0.39 is 0 Å². The van der Waals surface area contributed by atoms with Crippen LogP contribution in [0, 0.1) is 5.92 Å². The van der Waals surface area contributed by atoms with Gasteiger partial charge in [0.1, 0.15) is 5.75 Å². The Morgan fingerprint density at radius 1 is 1.08 bits per heavy atom. The lowest BCUT2D eigenvalue weighted by atomic mass is 10.1. The number of carbonyl (C=O) groups excluding carboxylic acids is 1. The van der Waals surface area contributed by atoms with Gasteiger partial charge in [-0.05, 0) is 54.3 Å². The van der Waals surface area contributed by atoms with E-state index in [0.29, 0.717) is 24.6 Å². The molecule has 0 aliphatic heterocycles.